The molecule has 5 bridgehead atoms. The van der Waals surface area contributed by atoms with Crippen LogP contribution in [0.2, 0.25) is 0 Å². The molecule has 43 heavy (non-hydrogen) atoms. The van der Waals surface area contributed by atoms with Crippen molar-refractivity contribution in [2.45, 2.75) is 88.8 Å². The highest BCUT2D eigenvalue weighted by Crippen LogP contribution is 2.56. The minimum Gasteiger partial charge on any atom is -0.455 e. The molecule has 2 N–H and O–H groups in total. The first-order valence-corrected chi connectivity index (χ1v) is 15.3. The number of nitrogens with one attached hydrogen (secondary N) is 1. The maximum absolute atomic E-state index is 14.5. The Balaban J connectivity index is 1.58. The summed E-state index contributed by atoms with van der Waals surface area (Å²) in [7, 11) is 0. The van der Waals surface area contributed by atoms with Crippen LogP contribution in [0.15, 0.2) is 54.6 Å². The Kier molecular flexibility index (Phi) is 8.81. The number of amides is 3. The standard InChI is InChI=1S/C33H43N3O7/c1-21-27(22-13-7-5-8-14-22)42-31(41)25-23-16-17-33(43-23)26(25)29(39)35(18-11-12-20-37)28(33)30(40)36(32(2,3)4)19-10-6-9-15-24(38)34-21/h5-8,10,13-14,16-17,21,23,25-28,37H,9,11-12,15,18-20H2,1-4H3,(H,34,38)/b10-6-/t21-,23+,25-,26-,27+,28+,33-/m1/s1. The Morgan fingerprint density at radius 1 is 1.05 bits per heavy atom. The minimum atomic E-state index is -1.31. The summed E-state index contributed by atoms with van der Waals surface area (Å²) in [5.74, 6) is -3.27. The van der Waals surface area contributed by atoms with E-state index in [0.29, 0.717) is 24.8 Å². The lowest BCUT2D eigenvalue weighted by molar-refractivity contribution is -0.161. The van der Waals surface area contributed by atoms with E-state index in [9.17, 15) is 24.3 Å². The van der Waals surface area contributed by atoms with Gasteiger partial charge in [0.2, 0.25) is 17.7 Å². The summed E-state index contributed by atoms with van der Waals surface area (Å²) < 4.78 is 12.6. The molecule has 4 heterocycles. The van der Waals surface area contributed by atoms with Gasteiger partial charge >= 0.3 is 5.97 Å². The molecule has 5 rings (SSSR count). The van der Waals surface area contributed by atoms with Crippen LogP contribution < -0.4 is 5.32 Å². The average Bonchev–Trinajstić information content (AvgIpc) is 3.60. The highest BCUT2D eigenvalue weighted by atomic mass is 16.6. The monoisotopic (exact) mass is 593 g/mol. The van der Waals surface area contributed by atoms with Gasteiger partial charge in [0.15, 0.2) is 0 Å². The van der Waals surface area contributed by atoms with Crippen molar-refractivity contribution in [3.63, 3.8) is 0 Å². The third-order valence-electron chi connectivity index (χ3n) is 8.97. The van der Waals surface area contributed by atoms with E-state index in [2.05, 4.69) is 5.32 Å². The van der Waals surface area contributed by atoms with Crippen molar-refractivity contribution in [3.8, 4) is 0 Å². The maximum Gasteiger partial charge on any atom is 0.313 e. The molecular weight excluding hydrogens is 550 g/mol. The Morgan fingerprint density at radius 3 is 2.49 bits per heavy atom. The van der Waals surface area contributed by atoms with Crippen LogP contribution in [0.4, 0.5) is 0 Å². The second-order valence-electron chi connectivity index (χ2n) is 12.9. The first-order valence-electron chi connectivity index (χ1n) is 15.3. The van der Waals surface area contributed by atoms with Crippen molar-refractivity contribution >= 4 is 23.7 Å². The smallest absolute Gasteiger partial charge is 0.313 e. The van der Waals surface area contributed by atoms with Crippen molar-refractivity contribution in [2.75, 3.05) is 19.7 Å². The van der Waals surface area contributed by atoms with E-state index in [1.54, 1.807) is 28.9 Å². The number of carbonyl (C=O) groups excluding carboxylic acids is 4. The van der Waals surface area contributed by atoms with Crippen molar-refractivity contribution in [1.29, 1.82) is 0 Å². The molecule has 1 spiro atoms. The van der Waals surface area contributed by atoms with Gasteiger partial charge in [0.05, 0.1) is 18.1 Å². The second-order valence-corrected chi connectivity index (χ2v) is 12.9. The number of aliphatic hydroxyl groups is 1. The lowest BCUT2D eigenvalue weighted by Gasteiger charge is -2.41. The molecule has 3 amide bonds. The molecule has 4 aliphatic rings. The number of cyclic esters (lactones) is 1. The molecule has 2 saturated heterocycles. The predicted molar refractivity (Wildman–Crippen MR) is 158 cm³/mol. The molecule has 2 fully saturated rings. The molecule has 10 heteroatoms. The number of fused-ring (bicyclic) bond motifs is 2. The van der Waals surface area contributed by atoms with Crippen LogP contribution in [0.5, 0.6) is 0 Å². The van der Waals surface area contributed by atoms with E-state index in [-0.39, 0.29) is 43.8 Å². The van der Waals surface area contributed by atoms with Gasteiger partial charge in [-0.1, -0.05) is 54.6 Å². The van der Waals surface area contributed by atoms with Crippen LogP contribution >= 0.6 is 0 Å². The quantitative estimate of drug-likeness (QED) is 0.306. The maximum atomic E-state index is 14.5. The van der Waals surface area contributed by atoms with Crippen molar-refractivity contribution < 1.29 is 33.8 Å². The number of allylic oxidation sites excluding steroid dienone is 1. The normalized spacial score (nSPS) is 33.9. The highest BCUT2D eigenvalue weighted by Gasteiger charge is 2.73. The molecule has 4 aliphatic heterocycles. The van der Waals surface area contributed by atoms with Crippen molar-refractivity contribution in [2.24, 2.45) is 11.8 Å². The molecule has 1 aromatic carbocycles. The summed E-state index contributed by atoms with van der Waals surface area (Å²) in [4.78, 5) is 58.9. The van der Waals surface area contributed by atoms with E-state index in [1.807, 2.05) is 63.3 Å². The molecule has 0 saturated carbocycles. The predicted octanol–water partition coefficient (Wildman–Crippen LogP) is 2.68. The fourth-order valence-electron chi connectivity index (χ4n) is 6.91. The van der Waals surface area contributed by atoms with E-state index in [0.717, 1.165) is 0 Å². The van der Waals surface area contributed by atoms with Crippen LogP contribution in [-0.4, -0.2) is 87.6 Å². The number of esters is 1. The zero-order chi connectivity index (χ0) is 30.9. The summed E-state index contributed by atoms with van der Waals surface area (Å²) in [5.41, 5.74) is -1.19. The molecule has 7 atom stereocenters. The van der Waals surface area contributed by atoms with Gasteiger partial charge in [0.1, 0.15) is 23.7 Å². The molecule has 0 radical (unpaired) electrons. The van der Waals surface area contributed by atoms with Gasteiger partial charge < -0.3 is 29.7 Å². The highest BCUT2D eigenvalue weighted by molar-refractivity contribution is 5.99. The Hall–Kier alpha value is -3.50. The molecule has 1 aromatic rings. The minimum absolute atomic E-state index is 0.0306. The Labute approximate surface area is 253 Å². The summed E-state index contributed by atoms with van der Waals surface area (Å²) in [6, 6.07) is 7.70. The average molecular weight is 594 g/mol. The number of nitrogens with zero attached hydrogens (tertiary/aromatic N) is 2. The zero-order valence-corrected chi connectivity index (χ0v) is 25.4. The van der Waals surface area contributed by atoms with Gasteiger partial charge in [0, 0.05) is 31.7 Å². The molecule has 232 valence electrons. The van der Waals surface area contributed by atoms with E-state index in [1.165, 1.54) is 0 Å². The fraction of sp³-hybridized carbons (Fsp3) is 0.576. The summed E-state index contributed by atoms with van der Waals surface area (Å²) in [6.07, 6.45) is 7.49. The third-order valence-corrected chi connectivity index (χ3v) is 8.97. The number of ether oxygens (including phenoxy) is 2. The molecule has 10 nitrogen and oxygen atoms in total. The number of rotatable bonds is 5. The van der Waals surface area contributed by atoms with Crippen LogP contribution in [0, 0.1) is 11.8 Å². The van der Waals surface area contributed by atoms with Crippen LogP contribution in [-0.2, 0) is 28.7 Å². The molecule has 0 aromatic heterocycles. The van der Waals surface area contributed by atoms with Gasteiger partial charge in [-0.25, -0.2) is 0 Å². The van der Waals surface area contributed by atoms with Gasteiger partial charge in [-0.15, -0.1) is 0 Å². The second kappa shape index (κ2) is 12.2. The van der Waals surface area contributed by atoms with E-state index >= 15 is 0 Å². The zero-order valence-electron chi connectivity index (χ0n) is 25.4. The fourth-order valence-corrected chi connectivity index (χ4v) is 6.91. The SMILES string of the molecule is C[C@H]1NC(=O)CC/C=C\CN(C(C)(C)C)C(=O)[C@@H]2N(CCCCO)C(=O)[C@H]3[C@H](C(=O)O[C@@H]1c1ccccc1)[C@@H]1C=C[C@]23O1. The number of hydrogen-bond acceptors (Lipinski definition) is 7. The van der Waals surface area contributed by atoms with Crippen molar-refractivity contribution in [1.82, 2.24) is 15.1 Å². The number of hydrogen-bond donors (Lipinski definition) is 2. The summed E-state index contributed by atoms with van der Waals surface area (Å²) in [6.45, 7) is 8.11. The first-order chi connectivity index (χ1) is 20.5. The Morgan fingerprint density at radius 2 is 1.79 bits per heavy atom. The summed E-state index contributed by atoms with van der Waals surface area (Å²) >= 11 is 0. The topological polar surface area (TPSA) is 125 Å². The van der Waals surface area contributed by atoms with Crippen LogP contribution in [0.25, 0.3) is 0 Å². The molecular formula is C33H43N3O7. The van der Waals surface area contributed by atoms with E-state index in [4.69, 9.17) is 9.47 Å². The number of benzene rings is 1. The number of unbranched alkanes of at least 4 members (excludes halogenated alkanes) is 1. The van der Waals surface area contributed by atoms with Gasteiger partial charge in [0.25, 0.3) is 0 Å². The van der Waals surface area contributed by atoms with Crippen molar-refractivity contribution in [3.05, 3.63) is 60.2 Å². The number of likely N-dealkylation sites (tertiary alicyclic amines) is 1. The van der Waals surface area contributed by atoms with E-state index < -0.39 is 53.2 Å². The van der Waals surface area contributed by atoms with Crippen LogP contribution in [0.3, 0.4) is 0 Å². The Bertz CT molecular complexity index is 1290. The van der Waals surface area contributed by atoms with Gasteiger partial charge in [-0.3, -0.25) is 19.2 Å². The van der Waals surface area contributed by atoms with Gasteiger partial charge in [-0.2, -0.15) is 0 Å². The lowest BCUT2D eigenvalue weighted by Crippen LogP contribution is -2.59. The van der Waals surface area contributed by atoms with Crippen LogP contribution in [0.1, 0.15) is 65.0 Å². The molecule has 0 unspecified atom stereocenters. The third kappa shape index (κ3) is 5.74. The first kappa shape index (κ1) is 30.9. The summed E-state index contributed by atoms with van der Waals surface area (Å²) in [5, 5.41) is 12.4. The lowest BCUT2D eigenvalue weighted by atomic mass is 9.74. The number of carbonyl (C=O) groups is 4. The number of aliphatic hydroxyl groups excluding tert-OH is 1. The molecule has 0 aliphatic carbocycles. The largest absolute Gasteiger partial charge is 0.455 e. The van der Waals surface area contributed by atoms with Gasteiger partial charge in [-0.05, 0) is 52.5 Å².